The van der Waals surface area contributed by atoms with E-state index in [1.165, 1.54) is 196 Å². The Balaban J connectivity index is 0.000000185. The van der Waals surface area contributed by atoms with Crippen LogP contribution in [0.15, 0.2) is 226 Å². The number of rotatable bonds is 43. The zero-order valence-electron chi connectivity index (χ0n) is 79.3. The van der Waals surface area contributed by atoms with Gasteiger partial charge in [-0.25, -0.2) is 9.69 Å². The molecule has 0 aliphatic rings. The summed E-state index contributed by atoms with van der Waals surface area (Å²) in [6.45, 7) is 27.9. The second kappa shape index (κ2) is 62.6. The summed E-state index contributed by atoms with van der Waals surface area (Å²) in [4.78, 5) is 214. The quantitative estimate of drug-likeness (QED) is 0.0253. The summed E-state index contributed by atoms with van der Waals surface area (Å²) >= 11 is 32.7. The highest BCUT2D eigenvalue weighted by molar-refractivity contribution is 9.11. The van der Waals surface area contributed by atoms with Crippen LogP contribution in [0, 0.1) is 40.8 Å². The lowest BCUT2D eigenvalue weighted by molar-refractivity contribution is 0.0921. The van der Waals surface area contributed by atoms with Crippen molar-refractivity contribution >= 4 is 332 Å². The maximum Gasteiger partial charge on any atom is 0.241 e. The number of hydrogen-bond donors (Lipinski definition) is 0. The van der Waals surface area contributed by atoms with E-state index in [0.29, 0.717) is 91.3 Å². The summed E-state index contributed by atoms with van der Waals surface area (Å²) in [6, 6.07) is 49.6. The van der Waals surface area contributed by atoms with E-state index in [9.17, 15) is 76.7 Å². The van der Waals surface area contributed by atoms with Crippen molar-refractivity contribution in [3.05, 3.63) is 361 Å². The van der Waals surface area contributed by atoms with Crippen LogP contribution in [0.4, 0.5) is 10.7 Å². The standard InChI is InChI=1S/C16H18O2S2.C14H11NO2S2.2C14H14O2S2.C13H8BrNO2S2.C13H11BrO2S2.C12H9BrO2S2.C12H10O2S2/c1-3-11-5-9-15(19-11)13(17)7-8-14(18)16-10-6-12(4-2)20-16;1-9-3-6-12(18-9)10(16)4-5-11(17)13-7-8-14(15-2)19-13;1-9-3-7-13(17-9)11(15)5-6-12(16)14-8-4-10(2)18-14;1-2-10-5-8-14(18-10)12(16)7-6-11(15)13-4-3-9-17-13;1-15-9-5-7-19-13(9)11(17)3-2-10(16)12-8(14)4-6-18-12;1-8-4-12(17-6-8)10(15)2-3-11(16)13-5-9(14)7-18-13;13-8-5-7-17-12(8)10(15)4-3-9(14)11-2-1-6-16-11;13-9(11-3-1-7-15-11)5-6-10(14)12-4-2-8-16-12/h5-6,9-10H,3-4,7-8H2,1-2H3;3,6-8H,4-5H2,1H3;3-4,7-8H,5-6H2,1-2H3;3-5,8-9H,2,6-7H2,1H3;4-7H,2-3H2;4-7H,2-3H2,1H3;1-2,5-7H,3-4H2;1-4,7-8H,5-6H2. The first-order valence-corrected chi connectivity index (χ1v) is 60.9. The Hall–Kier alpha value is -9.66. The maximum atomic E-state index is 12.0. The minimum Gasteiger partial charge on any atom is -0.295 e. The molecule has 0 aliphatic heterocycles. The van der Waals surface area contributed by atoms with Gasteiger partial charge in [0.2, 0.25) is 10.7 Å². The highest BCUT2D eigenvalue weighted by Gasteiger charge is 2.24. The molecular weight excluding hydrogens is 2330 g/mol. The predicted octanol–water partition coefficient (Wildman–Crippen LogP) is 35.6. The number of nitrogens with zero attached hydrogens (tertiary/aromatic N) is 2. The molecular formula is C108H95Br3N2O16S16. The highest BCUT2D eigenvalue weighted by Crippen LogP contribution is 2.34. The van der Waals surface area contributed by atoms with Crippen molar-refractivity contribution in [3.63, 3.8) is 0 Å². The monoisotopic (exact) mass is 2420 g/mol. The topological polar surface area (TPSA) is 282 Å². The van der Waals surface area contributed by atoms with E-state index >= 15 is 0 Å². The van der Waals surface area contributed by atoms with E-state index in [0.717, 1.165) is 102 Å². The van der Waals surface area contributed by atoms with Crippen LogP contribution in [0.5, 0.6) is 0 Å². The molecule has 0 N–H and O–H groups in total. The summed E-state index contributed by atoms with van der Waals surface area (Å²) < 4.78 is 2.50. The first kappa shape index (κ1) is 119. The lowest BCUT2D eigenvalue weighted by atomic mass is 10.1. The van der Waals surface area contributed by atoms with Gasteiger partial charge in [0.25, 0.3) is 0 Å². The number of ketones is 16. The third-order valence-corrected chi connectivity index (χ3v) is 39.4. The van der Waals surface area contributed by atoms with Crippen LogP contribution in [0.25, 0.3) is 9.69 Å². The van der Waals surface area contributed by atoms with Gasteiger partial charge in [-0.1, -0.05) is 51.1 Å². The van der Waals surface area contributed by atoms with Crippen LogP contribution in [-0.2, 0) is 19.3 Å². The average molecular weight is 2430 g/mol. The van der Waals surface area contributed by atoms with E-state index in [4.69, 9.17) is 13.1 Å². The smallest absolute Gasteiger partial charge is 0.241 e. The molecule has 0 unspecified atom stereocenters. The van der Waals surface area contributed by atoms with Crippen molar-refractivity contribution in [1.29, 1.82) is 0 Å². The molecule has 16 aromatic heterocycles. The van der Waals surface area contributed by atoms with Crippen molar-refractivity contribution in [2.24, 2.45) is 0 Å². The zero-order chi connectivity index (χ0) is 105. The van der Waals surface area contributed by atoms with E-state index in [1.54, 1.807) is 60.0 Å². The molecule has 16 aromatic rings. The third-order valence-electron chi connectivity index (χ3n) is 20.3. The highest BCUT2D eigenvalue weighted by atomic mass is 79.9. The Morgan fingerprint density at radius 2 is 0.503 bits per heavy atom. The SMILES string of the molecule is CCc1ccc(C(=O)CCC(=O)c2ccc(CC)s2)s1.CCc1ccc(C(=O)CCC(=O)c2cccs2)s1.Cc1ccc(C(=O)CCC(=O)c2ccc(C)s2)s1.Cc1csc(C(=O)CCC(=O)c2cc(Br)cs2)c1.O=C(CCC(=O)c1cccs1)c1cccs1.O=C(CCC(=O)c1sccc1Br)c1cccs1.[C-]#[N+]c1ccc(C(=O)CCC(=O)c2ccc(C)s2)s1.[C-]#[N+]c1ccsc1C(=O)CCC(=O)c1sccc1Br. The van der Waals surface area contributed by atoms with Gasteiger partial charge >= 0.3 is 0 Å². The molecule has 18 nitrogen and oxygen atoms in total. The molecule has 0 aromatic carbocycles. The molecule has 0 fully saturated rings. The van der Waals surface area contributed by atoms with Crippen molar-refractivity contribution < 1.29 is 76.7 Å². The van der Waals surface area contributed by atoms with Gasteiger partial charge in [-0.15, -0.1) is 159 Å². The Bertz CT molecular complexity index is 6850. The van der Waals surface area contributed by atoms with E-state index in [1.807, 2.05) is 180 Å². The average Bonchev–Trinajstić information content (AvgIpc) is 1.72. The van der Waals surface area contributed by atoms with Gasteiger partial charge in [-0.3, -0.25) is 76.7 Å². The van der Waals surface area contributed by atoms with Crippen LogP contribution in [0.3, 0.4) is 0 Å². The molecule has 0 bridgehead atoms. The van der Waals surface area contributed by atoms with Crippen LogP contribution < -0.4 is 0 Å². The maximum absolute atomic E-state index is 12.0. The zero-order valence-corrected chi connectivity index (χ0v) is 97.1. The minimum absolute atomic E-state index is 0.00779. The third kappa shape index (κ3) is 39.7. The number of hydrogen-bond acceptors (Lipinski definition) is 32. The molecule has 37 heteroatoms. The van der Waals surface area contributed by atoms with Crippen molar-refractivity contribution in [3.8, 4) is 0 Å². The van der Waals surface area contributed by atoms with Gasteiger partial charge in [0.05, 0.1) is 91.2 Å². The Morgan fingerprint density at radius 3 is 0.745 bits per heavy atom. The molecule has 0 radical (unpaired) electrons. The molecule has 145 heavy (non-hydrogen) atoms. The van der Waals surface area contributed by atoms with Gasteiger partial charge in [0, 0.05) is 151 Å². The number of Topliss-reactive ketones (excluding diaryl/α,β-unsaturated/α-hetero) is 16. The summed E-state index contributed by atoms with van der Waals surface area (Å²) in [6.07, 6.45) is 7.15. The molecule has 0 atom stereocenters. The largest absolute Gasteiger partial charge is 0.295 e. The molecule has 0 saturated heterocycles. The predicted molar refractivity (Wildman–Crippen MR) is 615 cm³/mol. The summed E-state index contributed by atoms with van der Waals surface area (Å²) in [5, 5.41) is 17.2. The van der Waals surface area contributed by atoms with Gasteiger partial charge in [-0.05, 0) is 277 Å². The fraction of sp³-hybridized carbons (Fsp3) is 0.241. The van der Waals surface area contributed by atoms with Crippen LogP contribution in [0.2, 0.25) is 0 Å². The number of aryl methyl sites for hydroxylation is 7. The summed E-state index contributed by atoms with van der Waals surface area (Å²) in [7, 11) is 0. The summed E-state index contributed by atoms with van der Waals surface area (Å²) in [5.74, 6) is 0.445. The first-order chi connectivity index (χ1) is 69.6. The van der Waals surface area contributed by atoms with Crippen LogP contribution in [0.1, 0.15) is 313 Å². The number of carbonyl (C=O) groups excluding carboxylic acids is 16. The van der Waals surface area contributed by atoms with E-state index in [-0.39, 0.29) is 144 Å². The Morgan fingerprint density at radius 1 is 0.241 bits per heavy atom. The molecule has 0 amide bonds. The van der Waals surface area contributed by atoms with E-state index in [2.05, 4.69) is 78.3 Å². The molecule has 0 saturated carbocycles. The van der Waals surface area contributed by atoms with E-state index < -0.39 is 0 Å². The Labute approximate surface area is 930 Å². The second-order valence-corrected chi connectivity index (χ2v) is 50.5. The molecule has 16 rings (SSSR count). The fourth-order valence-electron chi connectivity index (χ4n) is 12.6. The number of thiophene rings is 16. The van der Waals surface area contributed by atoms with Crippen molar-refractivity contribution in [2.75, 3.05) is 0 Å². The lowest BCUT2D eigenvalue weighted by Gasteiger charge is -1.99. The minimum atomic E-state index is -0.137. The van der Waals surface area contributed by atoms with Crippen LogP contribution >= 0.6 is 229 Å². The van der Waals surface area contributed by atoms with Gasteiger partial charge in [0.15, 0.2) is 92.5 Å². The van der Waals surface area contributed by atoms with Gasteiger partial charge < -0.3 is 0 Å². The van der Waals surface area contributed by atoms with Gasteiger partial charge in [0.1, 0.15) is 0 Å². The number of halogens is 3. The van der Waals surface area contributed by atoms with Crippen molar-refractivity contribution in [2.45, 2.75) is 170 Å². The number of carbonyl (C=O) groups is 16. The summed E-state index contributed by atoms with van der Waals surface area (Å²) in [5.41, 5.74) is 1.47. The second-order valence-electron chi connectivity index (χ2n) is 31.1. The lowest BCUT2D eigenvalue weighted by Crippen LogP contribution is -2.03. The molecule has 0 spiro atoms. The van der Waals surface area contributed by atoms with Gasteiger partial charge in [-0.2, -0.15) is 22.7 Å². The Kier molecular flexibility index (Phi) is 51.3. The first-order valence-electron chi connectivity index (χ1n) is 44.9. The molecule has 0 aliphatic carbocycles. The molecule has 750 valence electrons. The van der Waals surface area contributed by atoms with Crippen molar-refractivity contribution in [1.82, 2.24) is 0 Å². The molecule has 16 heterocycles. The van der Waals surface area contributed by atoms with Crippen LogP contribution in [-0.4, -0.2) is 92.5 Å². The fourth-order valence-corrected chi connectivity index (χ4v) is 27.6. The normalized spacial score (nSPS) is 10.4.